The van der Waals surface area contributed by atoms with Crippen molar-refractivity contribution in [2.45, 2.75) is 6.92 Å². The van der Waals surface area contributed by atoms with Crippen LogP contribution in [0.25, 0.3) is 22.2 Å². The molecule has 2 heterocycles. The van der Waals surface area contributed by atoms with Crippen LogP contribution in [-0.4, -0.2) is 23.1 Å². The zero-order valence-electron chi connectivity index (χ0n) is 13.0. The first-order valence-corrected chi connectivity index (χ1v) is 7.03. The number of aromatic nitrogens is 1. The lowest BCUT2D eigenvalue weighted by Crippen LogP contribution is -2.13. The molecule has 0 spiro atoms. The number of aromatic hydroxyl groups is 1. The van der Waals surface area contributed by atoms with Crippen LogP contribution in [-0.2, 0) is 0 Å². The summed E-state index contributed by atoms with van der Waals surface area (Å²) >= 11 is 0. The zero-order valence-corrected chi connectivity index (χ0v) is 13.0. The molecule has 24 heavy (non-hydrogen) atoms. The molecule has 0 atom stereocenters. The van der Waals surface area contributed by atoms with Crippen molar-refractivity contribution in [1.29, 1.82) is 0 Å². The number of rotatable bonds is 3. The molecule has 3 N–H and O–H groups in total. The van der Waals surface area contributed by atoms with E-state index in [1.54, 1.807) is 25.1 Å². The van der Waals surface area contributed by atoms with E-state index in [9.17, 15) is 14.7 Å². The number of nitrogens with zero attached hydrogens (tertiary/aromatic N) is 1. The third kappa shape index (κ3) is 2.56. The van der Waals surface area contributed by atoms with E-state index in [1.165, 1.54) is 19.2 Å². The fourth-order valence-electron chi connectivity index (χ4n) is 2.50. The molecule has 122 valence electrons. The maximum absolute atomic E-state index is 12.1. The van der Waals surface area contributed by atoms with Crippen LogP contribution in [0.4, 0.5) is 0 Å². The molecule has 3 rings (SSSR count). The number of methoxy groups -OCH3 is 1. The number of ether oxygens (including phenoxy) is 1. The Kier molecular flexibility index (Phi) is 3.69. The van der Waals surface area contributed by atoms with Gasteiger partial charge in [-0.05, 0) is 31.2 Å². The van der Waals surface area contributed by atoms with Gasteiger partial charge in [0, 0.05) is 11.5 Å². The molecule has 2 aromatic heterocycles. The zero-order chi connectivity index (χ0) is 17.4. The Bertz CT molecular complexity index is 1020. The van der Waals surface area contributed by atoms with E-state index >= 15 is 0 Å². The van der Waals surface area contributed by atoms with Gasteiger partial charge in [0.2, 0.25) is 5.91 Å². The molecule has 0 radical (unpaired) electrons. The first-order chi connectivity index (χ1) is 11.4. The third-order valence-electron chi connectivity index (χ3n) is 3.59. The van der Waals surface area contributed by atoms with Crippen LogP contribution in [0.5, 0.6) is 11.5 Å². The summed E-state index contributed by atoms with van der Waals surface area (Å²) in [7, 11) is 1.50. The predicted octanol–water partition coefficient (Wildman–Crippen LogP) is 1.98. The van der Waals surface area contributed by atoms with E-state index in [0.717, 1.165) is 0 Å². The summed E-state index contributed by atoms with van der Waals surface area (Å²) in [5, 5.41) is 10.6. The van der Waals surface area contributed by atoms with Crippen LogP contribution < -0.4 is 16.1 Å². The molecule has 0 unspecified atom stereocenters. The van der Waals surface area contributed by atoms with Gasteiger partial charge < -0.3 is 20.0 Å². The van der Waals surface area contributed by atoms with Crippen LogP contribution >= 0.6 is 0 Å². The highest BCUT2D eigenvalue weighted by molar-refractivity contribution is 6.06. The number of fused-ring (bicyclic) bond motifs is 1. The summed E-state index contributed by atoms with van der Waals surface area (Å²) in [6.45, 7) is 1.54. The van der Waals surface area contributed by atoms with Gasteiger partial charge in [0.1, 0.15) is 22.8 Å². The van der Waals surface area contributed by atoms with E-state index in [2.05, 4.69) is 4.98 Å². The lowest BCUT2D eigenvalue weighted by Gasteiger charge is -2.09. The standard InChI is InChI=1S/C17H14N2O5/c1-8-5-14(20)15(17(22)24-8)13-7-11(16(18)21)10-6-9(23-2)3-4-12(10)19-13/h3-7,20H,1-2H3,(H2,18,21). The van der Waals surface area contributed by atoms with Crippen molar-refractivity contribution < 1.29 is 19.1 Å². The Morgan fingerprint density at radius 2 is 2.04 bits per heavy atom. The minimum atomic E-state index is -0.747. The van der Waals surface area contributed by atoms with E-state index in [0.29, 0.717) is 16.7 Å². The number of hydrogen-bond acceptors (Lipinski definition) is 6. The molecule has 7 nitrogen and oxygen atoms in total. The van der Waals surface area contributed by atoms with Gasteiger partial charge in [0.25, 0.3) is 0 Å². The smallest absolute Gasteiger partial charge is 0.349 e. The molecule has 0 saturated carbocycles. The van der Waals surface area contributed by atoms with Gasteiger partial charge in [-0.25, -0.2) is 9.78 Å². The van der Waals surface area contributed by atoms with Gasteiger partial charge in [-0.15, -0.1) is 0 Å². The predicted molar refractivity (Wildman–Crippen MR) is 87.2 cm³/mol. The highest BCUT2D eigenvalue weighted by Gasteiger charge is 2.18. The molecule has 0 saturated heterocycles. The molecular weight excluding hydrogens is 312 g/mol. The fraction of sp³-hybridized carbons (Fsp3) is 0.118. The van der Waals surface area contributed by atoms with Crippen molar-refractivity contribution in [1.82, 2.24) is 4.98 Å². The van der Waals surface area contributed by atoms with Crippen LogP contribution in [0.15, 0.2) is 39.5 Å². The number of carbonyl (C=O) groups excluding carboxylic acids is 1. The van der Waals surface area contributed by atoms with E-state index < -0.39 is 11.5 Å². The summed E-state index contributed by atoms with van der Waals surface area (Å²) in [6, 6.07) is 7.59. The number of carbonyl (C=O) groups is 1. The topological polar surface area (TPSA) is 116 Å². The lowest BCUT2D eigenvalue weighted by atomic mass is 10.0. The minimum absolute atomic E-state index is 0.104. The van der Waals surface area contributed by atoms with E-state index in [4.69, 9.17) is 14.9 Å². The molecule has 7 heteroatoms. The fourth-order valence-corrected chi connectivity index (χ4v) is 2.50. The van der Waals surface area contributed by atoms with Crippen molar-refractivity contribution in [2.24, 2.45) is 5.73 Å². The molecule has 0 bridgehead atoms. The van der Waals surface area contributed by atoms with Gasteiger partial charge in [-0.1, -0.05) is 0 Å². The van der Waals surface area contributed by atoms with Gasteiger partial charge in [0.15, 0.2) is 0 Å². The van der Waals surface area contributed by atoms with Crippen LogP contribution in [0.2, 0.25) is 0 Å². The number of pyridine rings is 1. The molecule has 1 aromatic carbocycles. The molecule has 1 amide bonds. The SMILES string of the molecule is COc1ccc2nc(-c3c(O)cc(C)oc3=O)cc(C(N)=O)c2c1. The molecule has 0 aliphatic heterocycles. The van der Waals surface area contributed by atoms with Crippen molar-refractivity contribution in [3.8, 4) is 22.8 Å². The highest BCUT2D eigenvalue weighted by Crippen LogP contribution is 2.30. The second-order valence-electron chi connectivity index (χ2n) is 5.21. The maximum Gasteiger partial charge on any atom is 0.349 e. The highest BCUT2D eigenvalue weighted by atomic mass is 16.5. The van der Waals surface area contributed by atoms with Crippen molar-refractivity contribution in [3.05, 3.63) is 52.1 Å². The summed E-state index contributed by atoms with van der Waals surface area (Å²) in [5.41, 5.74) is 5.27. The average Bonchev–Trinajstić information content (AvgIpc) is 2.52. The van der Waals surface area contributed by atoms with Crippen LogP contribution in [0.1, 0.15) is 16.1 Å². The molecule has 0 aliphatic rings. The minimum Gasteiger partial charge on any atom is -0.507 e. The third-order valence-corrected chi connectivity index (χ3v) is 3.59. The quantitative estimate of drug-likeness (QED) is 0.760. The summed E-state index contributed by atoms with van der Waals surface area (Å²) in [4.78, 5) is 28.2. The molecule has 0 fully saturated rings. The summed E-state index contributed by atoms with van der Waals surface area (Å²) < 4.78 is 10.1. The first-order valence-electron chi connectivity index (χ1n) is 7.03. The molecular formula is C17H14N2O5. The Morgan fingerprint density at radius 3 is 2.67 bits per heavy atom. The first kappa shape index (κ1) is 15.5. The van der Waals surface area contributed by atoms with Gasteiger partial charge >= 0.3 is 5.63 Å². The monoisotopic (exact) mass is 326 g/mol. The Balaban J connectivity index is 2.36. The Hall–Kier alpha value is -3.35. The van der Waals surface area contributed by atoms with Crippen LogP contribution in [0, 0.1) is 6.92 Å². The molecule has 0 aliphatic carbocycles. The largest absolute Gasteiger partial charge is 0.507 e. The summed E-state index contributed by atoms with van der Waals surface area (Å²) in [6.07, 6.45) is 0. The Morgan fingerprint density at radius 1 is 1.29 bits per heavy atom. The van der Waals surface area contributed by atoms with Crippen molar-refractivity contribution in [2.75, 3.05) is 7.11 Å². The van der Waals surface area contributed by atoms with E-state index in [-0.39, 0.29) is 28.3 Å². The normalized spacial score (nSPS) is 10.8. The number of hydrogen-bond donors (Lipinski definition) is 2. The number of amides is 1. The van der Waals surface area contributed by atoms with Crippen molar-refractivity contribution >= 4 is 16.8 Å². The lowest BCUT2D eigenvalue weighted by molar-refractivity contribution is 0.100. The number of primary amides is 1. The average molecular weight is 326 g/mol. The Labute approximate surface area is 136 Å². The second kappa shape index (κ2) is 5.69. The van der Waals surface area contributed by atoms with Gasteiger partial charge in [-0.3, -0.25) is 4.79 Å². The maximum atomic E-state index is 12.1. The van der Waals surface area contributed by atoms with E-state index in [1.807, 2.05) is 0 Å². The number of nitrogens with two attached hydrogens (primary N) is 1. The molecule has 3 aromatic rings. The number of aryl methyl sites for hydroxylation is 1. The van der Waals surface area contributed by atoms with Crippen molar-refractivity contribution in [3.63, 3.8) is 0 Å². The summed E-state index contributed by atoms with van der Waals surface area (Å²) in [5.74, 6) is -0.161. The van der Waals surface area contributed by atoms with Gasteiger partial charge in [0.05, 0.1) is 23.9 Å². The second-order valence-corrected chi connectivity index (χ2v) is 5.21. The number of benzene rings is 1. The van der Waals surface area contributed by atoms with Crippen LogP contribution in [0.3, 0.4) is 0 Å². The van der Waals surface area contributed by atoms with Gasteiger partial charge in [-0.2, -0.15) is 0 Å².